The number of carbonyl (C=O) groups is 1. The van der Waals surface area contributed by atoms with Gasteiger partial charge in [-0.2, -0.15) is 13.2 Å². The number of hydrogen-bond acceptors (Lipinski definition) is 4. The summed E-state index contributed by atoms with van der Waals surface area (Å²) in [4.78, 5) is 13.8. The Morgan fingerprint density at radius 3 is 2.23 bits per heavy atom. The second kappa shape index (κ2) is 9.41. The second-order valence-electron chi connectivity index (χ2n) is 7.58. The Hall–Kier alpha value is -2.70. The molecule has 0 N–H and O–H groups in total. The lowest BCUT2D eigenvalue weighted by molar-refractivity contribution is -0.152. The van der Waals surface area contributed by atoms with Crippen molar-refractivity contribution in [3.63, 3.8) is 0 Å². The molecule has 2 aromatic carbocycles. The summed E-state index contributed by atoms with van der Waals surface area (Å²) in [6.07, 6.45) is -5.87. The van der Waals surface area contributed by atoms with E-state index in [1.165, 1.54) is 0 Å². The molecule has 1 aliphatic rings. The van der Waals surface area contributed by atoms with Crippen LogP contribution in [-0.4, -0.2) is 37.8 Å². The Kier molecular flexibility index (Phi) is 6.90. The van der Waals surface area contributed by atoms with E-state index in [9.17, 15) is 18.0 Å². The van der Waals surface area contributed by atoms with Crippen LogP contribution in [-0.2, 0) is 4.79 Å². The number of alkyl halides is 3. The maximum atomic E-state index is 12.3. The molecule has 30 heavy (non-hydrogen) atoms. The molecular formula is C23H26F3NO3. The first kappa shape index (κ1) is 22.0. The maximum absolute atomic E-state index is 12.3. The molecule has 162 valence electrons. The zero-order valence-corrected chi connectivity index (χ0v) is 17.1. The molecule has 4 nitrogen and oxygen atoms in total. The highest BCUT2D eigenvalue weighted by Gasteiger charge is 2.31. The number of carbonyl (C=O) groups excluding carboxylic acids is 1. The fourth-order valence-corrected chi connectivity index (χ4v) is 3.47. The fraction of sp³-hybridized carbons (Fsp3) is 0.435. The number of rotatable bonds is 9. The van der Waals surface area contributed by atoms with E-state index < -0.39 is 18.4 Å². The van der Waals surface area contributed by atoms with Crippen molar-refractivity contribution in [1.82, 2.24) is 0 Å². The van der Waals surface area contributed by atoms with Crippen LogP contribution in [0.2, 0.25) is 0 Å². The number of anilines is 1. The first-order valence-corrected chi connectivity index (χ1v) is 10.1. The first-order chi connectivity index (χ1) is 14.2. The highest BCUT2D eigenvalue weighted by molar-refractivity contribution is 5.79. The molecule has 0 spiro atoms. The summed E-state index contributed by atoms with van der Waals surface area (Å²) >= 11 is 0. The number of ether oxygens (including phenoxy) is 2. The van der Waals surface area contributed by atoms with Gasteiger partial charge in [-0.15, -0.1) is 0 Å². The minimum atomic E-state index is -4.45. The molecule has 1 heterocycles. The molecule has 1 saturated heterocycles. The maximum Gasteiger partial charge on any atom is 0.395 e. The lowest BCUT2D eigenvalue weighted by Crippen LogP contribution is -2.54. The van der Waals surface area contributed by atoms with Crippen LogP contribution >= 0.6 is 0 Å². The standard InChI is InChI=1S/C23H26F3NO3/c1-3-29-20-10-6-18(7-11-20)27-14-22(15-27)30-21-8-4-17(5-9-21)16(2)12-19(28)13-23(24,25)26/h4-11,16,22H,3,12-15H2,1-2H3/t16-/m1/s1. The highest BCUT2D eigenvalue weighted by atomic mass is 19.4. The van der Waals surface area contributed by atoms with Crippen LogP contribution in [0.3, 0.4) is 0 Å². The highest BCUT2D eigenvalue weighted by Crippen LogP contribution is 2.29. The third-order valence-electron chi connectivity index (χ3n) is 5.04. The third kappa shape index (κ3) is 6.15. The third-order valence-corrected chi connectivity index (χ3v) is 5.04. The van der Waals surface area contributed by atoms with Gasteiger partial charge < -0.3 is 14.4 Å². The summed E-state index contributed by atoms with van der Waals surface area (Å²) < 4.78 is 48.3. The lowest BCUT2D eigenvalue weighted by Gasteiger charge is -2.40. The molecule has 7 heteroatoms. The van der Waals surface area contributed by atoms with Crippen molar-refractivity contribution < 1.29 is 27.4 Å². The Labute approximate surface area is 174 Å². The van der Waals surface area contributed by atoms with Crippen LogP contribution in [0.5, 0.6) is 11.5 Å². The lowest BCUT2D eigenvalue weighted by atomic mass is 9.94. The van der Waals surface area contributed by atoms with Crippen LogP contribution in [0.15, 0.2) is 48.5 Å². The van der Waals surface area contributed by atoms with E-state index in [1.54, 1.807) is 19.1 Å². The van der Waals surface area contributed by atoms with E-state index in [4.69, 9.17) is 9.47 Å². The van der Waals surface area contributed by atoms with Crippen molar-refractivity contribution in [2.45, 2.75) is 44.9 Å². The zero-order valence-electron chi connectivity index (χ0n) is 17.1. The van der Waals surface area contributed by atoms with Gasteiger partial charge in [-0.25, -0.2) is 0 Å². The van der Waals surface area contributed by atoms with E-state index in [2.05, 4.69) is 4.90 Å². The summed E-state index contributed by atoms with van der Waals surface area (Å²) in [5.74, 6) is 0.500. The van der Waals surface area contributed by atoms with E-state index >= 15 is 0 Å². The van der Waals surface area contributed by atoms with Gasteiger partial charge >= 0.3 is 6.18 Å². The van der Waals surface area contributed by atoms with Crippen molar-refractivity contribution in [3.8, 4) is 11.5 Å². The van der Waals surface area contributed by atoms with E-state index in [0.717, 1.165) is 30.1 Å². The summed E-state index contributed by atoms with van der Waals surface area (Å²) in [6, 6.07) is 15.2. The number of hydrogen-bond donors (Lipinski definition) is 0. The molecule has 3 rings (SSSR count). The minimum absolute atomic E-state index is 0.0770. The van der Waals surface area contributed by atoms with Gasteiger partial charge in [0.25, 0.3) is 0 Å². The average molecular weight is 421 g/mol. The number of nitrogens with zero attached hydrogens (tertiary/aromatic N) is 1. The van der Waals surface area contributed by atoms with Crippen molar-refractivity contribution >= 4 is 11.5 Å². The van der Waals surface area contributed by atoms with E-state index in [-0.39, 0.29) is 18.4 Å². The Balaban J connectivity index is 1.45. The van der Waals surface area contributed by atoms with Gasteiger partial charge in [0.1, 0.15) is 29.8 Å². The molecule has 0 unspecified atom stereocenters. The fourth-order valence-electron chi connectivity index (χ4n) is 3.47. The molecule has 0 amide bonds. The van der Waals surface area contributed by atoms with Gasteiger partial charge in [0.2, 0.25) is 0 Å². The number of halogens is 3. The largest absolute Gasteiger partial charge is 0.494 e. The predicted octanol–water partition coefficient (Wildman–Crippen LogP) is 5.37. The van der Waals surface area contributed by atoms with Crippen molar-refractivity contribution in [2.24, 2.45) is 0 Å². The molecule has 1 atom stereocenters. The SMILES string of the molecule is CCOc1ccc(N2CC(Oc3ccc([C@H](C)CC(=O)CC(F)(F)F)cc3)C2)cc1. The minimum Gasteiger partial charge on any atom is -0.494 e. The molecule has 0 aromatic heterocycles. The van der Waals surface area contributed by atoms with Gasteiger partial charge in [0.05, 0.1) is 19.7 Å². The second-order valence-corrected chi connectivity index (χ2v) is 7.58. The summed E-state index contributed by atoms with van der Waals surface area (Å²) in [7, 11) is 0. The van der Waals surface area contributed by atoms with Crippen LogP contribution in [0, 0.1) is 0 Å². The summed E-state index contributed by atoms with van der Waals surface area (Å²) in [5, 5.41) is 0. The Bertz CT molecular complexity index is 828. The van der Waals surface area contributed by atoms with Gasteiger partial charge in [0, 0.05) is 12.1 Å². The van der Waals surface area contributed by atoms with Crippen molar-refractivity contribution in [1.29, 1.82) is 0 Å². The van der Waals surface area contributed by atoms with E-state index in [1.807, 2.05) is 43.3 Å². The molecule has 1 fully saturated rings. The first-order valence-electron chi connectivity index (χ1n) is 10.1. The normalized spacial score (nSPS) is 15.4. The molecule has 0 radical (unpaired) electrons. The molecule has 2 aromatic rings. The van der Waals surface area contributed by atoms with Gasteiger partial charge in [0.15, 0.2) is 0 Å². The Morgan fingerprint density at radius 2 is 1.67 bits per heavy atom. The van der Waals surface area contributed by atoms with Crippen LogP contribution < -0.4 is 14.4 Å². The van der Waals surface area contributed by atoms with Gasteiger partial charge in [-0.1, -0.05) is 19.1 Å². The van der Waals surface area contributed by atoms with Gasteiger partial charge in [-0.05, 0) is 54.8 Å². The van der Waals surface area contributed by atoms with Crippen molar-refractivity contribution in [2.75, 3.05) is 24.6 Å². The van der Waals surface area contributed by atoms with Crippen LogP contribution in [0.25, 0.3) is 0 Å². The molecule has 0 saturated carbocycles. The monoisotopic (exact) mass is 421 g/mol. The van der Waals surface area contributed by atoms with Gasteiger partial charge in [-0.3, -0.25) is 4.79 Å². The molecule has 0 aliphatic carbocycles. The number of benzene rings is 2. The van der Waals surface area contributed by atoms with Crippen molar-refractivity contribution in [3.05, 3.63) is 54.1 Å². The summed E-state index contributed by atoms with van der Waals surface area (Å²) in [6.45, 7) is 5.90. The smallest absolute Gasteiger partial charge is 0.395 e. The molecule has 1 aliphatic heterocycles. The predicted molar refractivity (Wildman–Crippen MR) is 109 cm³/mol. The summed E-state index contributed by atoms with van der Waals surface area (Å²) in [5.41, 5.74) is 1.94. The quantitative estimate of drug-likeness (QED) is 0.546. The van der Waals surface area contributed by atoms with Crippen LogP contribution in [0.1, 0.15) is 38.2 Å². The van der Waals surface area contributed by atoms with Crippen LogP contribution in [0.4, 0.5) is 18.9 Å². The Morgan fingerprint density at radius 1 is 1.07 bits per heavy atom. The number of ketones is 1. The zero-order chi connectivity index (χ0) is 21.7. The number of Topliss-reactive ketones (excluding diaryl/α,β-unsaturated/α-hetero) is 1. The topological polar surface area (TPSA) is 38.8 Å². The molecule has 0 bridgehead atoms. The molecular weight excluding hydrogens is 395 g/mol. The van der Waals surface area contributed by atoms with E-state index in [0.29, 0.717) is 12.4 Å². The average Bonchev–Trinajstić information content (AvgIpc) is 2.64.